The molecule has 3 rings (SSSR count). The molecule has 25 heavy (non-hydrogen) atoms. The van der Waals surface area contributed by atoms with Gasteiger partial charge in [-0.1, -0.05) is 6.07 Å². The molecular weight excluding hydrogens is 354 g/mol. The fraction of sp³-hybridized carbons (Fsp3) is 0. The Labute approximate surface area is 152 Å². The molecule has 0 aliphatic rings. The Hall–Kier alpha value is -2.91. The van der Waals surface area contributed by atoms with Gasteiger partial charge in [0.05, 0.1) is 16.3 Å². The zero-order valence-corrected chi connectivity index (χ0v) is 14.7. The molecule has 6 N–H and O–H groups in total. The molecule has 3 aromatic rings. The van der Waals surface area contributed by atoms with Crippen molar-refractivity contribution in [3.8, 4) is 10.6 Å². The first kappa shape index (κ1) is 16.9. The van der Waals surface area contributed by atoms with Crippen molar-refractivity contribution in [1.29, 1.82) is 0 Å². The molecule has 0 spiro atoms. The molecule has 0 saturated carbocycles. The third kappa shape index (κ3) is 4.78. The second-order valence-electron chi connectivity index (χ2n) is 4.80. The van der Waals surface area contributed by atoms with Crippen LogP contribution in [0.15, 0.2) is 74.1 Å². The quantitative estimate of drug-likeness (QED) is 0.368. The Kier molecular flexibility index (Phi) is 5.26. The Balaban J connectivity index is 1.74. The fourth-order valence-corrected chi connectivity index (χ4v) is 3.37. The molecule has 0 amide bonds. The van der Waals surface area contributed by atoms with E-state index in [1.54, 1.807) is 17.5 Å². The summed E-state index contributed by atoms with van der Waals surface area (Å²) in [4.78, 5) is 18.8. The Morgan fingerprint density at radius 3 is 2.52 bits per heavy atom. The zero-order chi connectivity index (χ0) is 17.6. The van der Waals surface area contributed by atoms with Gasteiger partial charge in [-0.05, 0) is 53.5 Å². The van der Waals surface area contributed by atoms with Gasteiger partial charge in [0, 0.05) is 11.1 Å². The minimum atomic E-state index is -0.129. The molecule has 0 aliphatic carbocycles. The number of benzene rings is 1. The summed E-state index contributed by atoms with van der Waals surface area (Å²) in [5.41, 5.74) is 17.7. The van der Waals surface area contributed by atoms with Crippen LogP contribution in [-0.2, 0) is 0 Å². The van der Waals surface area contributed by atoms with Crippen molar-refractivity contribution >= 4 is 40.7 Å². The molecule has 2 aromatic heterocycles. The van der Waals surface area contributed by atoms with Crippen molar-refractivity contribution < 1.29 is 0 Å². The van der Waals surface area contributed by atoms with Crippen LogP contribution in [0, 0.1) is 0 Å². The molecule has 1 aromatic carbocycles. The summed E-state index contributed by atoms with van der Waals surface area (Å²) in [6, 6.07) is 13.4. The number of nitrogens with zero attached hydrogens (tertiary/aromatic N) is 4. The van der Waals surface area contributed by atoms with Crippen LogP contribution in [-0.4, -0.2) is 21.9 Å². The highest BCUT2D eigenvalue weighted by atomic mass is 32.2. The Bertz CT molecular complexity index is 898. The van der Waals surface area contributed by atoms with E-state index in [-0.39, 0.29) is 11.9 Å². The van der Waals surface area contributed by atoms with E-state index in [2.05, 4.69) is 20.0 Å². The molecule has 0 aliphatic heterocycles. The van der Waals surface area contributed by atoms with E-state index in [9.17, 15) is 0 Å². The zero-order valence-electron chi connectivity index (χ0n) is 13.0. The van der Waals surface area contributed by atoms with E-state index in [0.717, 1.165) is 15.5 Å². The third-order valence-electron chi connectivity index (χ3n) is 2.94. The number of nitrogens with two attached hydrogens (primary N) is 3. The SMILES string of the molecule is NC(N)=NC(N)=Nc1ccc(Sc2nccc(-c3cccs3)n2)cc1. The number of thiophene rings is 1. The van der Waals surface area contributed by atoms with Gasteiger partial charge in [0.1, 0.15) is 0 Å². The number of aromatic nitrogens is 2. The average Bonchev–Trinajstić information content (AvgIpc) is 3.11. The lowest BCUT2D eigenvalue weighted by atomic mass is 10.3. The molecule has 0 unspecified atom stereocenters. The standard InChI is InChI=1S/C16H15N7S2/c17-14(18)23-15(19)21-10-3-5-11(6-4-10)25-16-20-8-7-12(22-16)13-2-1-9-24-13/h1-9H,(H6,17,18,19,21,23). The first-order valence-corrected chi connectivity index (χ1v) is 8.88. The molecule has 9 heteroatoms. The highest BCUT2D eigenvalue weighted by Gasteiger charge is 2.05. The van der Waals surface area contributed by atoms with Gasteiger partial charge >= 0.3 is 0 Å². The van der Waals surface area contributed by atoms with Gasteiger partial charge in [0.2, 0.25) is 5.96 Å². The molecular formula is C16H15N7S2. The molecule has 7 nitrogen and oxygen atoms in total. The highest BCUT2D eigenvalue weighted by Crippen LogP contribution is 2.29. The van der Waals surface area contributed by atoms with Gasteiger partial charge in [-0.2, -0.15) is 4.99 Å². The lowest BCUT2D eigenvalue weighted by Crippen LogP contribution is -2.26. The molecule has 0 radical (unpaired) electrons. The molecule has 0 saturated heterocycles. The van der Waals surface area contributed by atoms with Crippen molar-refractivity contribution in [2.24, 2.45) is 27.2 Å². The maximum absolute atomic E-state index is 5.61. The number of hydrogen-bond donors (Lipinski definition) is 3. The normalized spacial score (nSPS) is 11.3. The van der Waals surface area contributed by atoms with Crippen LogP contribution in [0.1, 0.15) is 0 Å². The third-order valence-corrected chi connectivity index (χ3v) is 4.72. The summed E-state index contributed by atoms with van der Waals surface area (Å²) in [5.74, 6) is -0.122. The van der Waals surface area contributed by atoms with Crippen molar-refractivity contribution in [2.45, 2.75) is 10.1 Å². The fourth-order valence-electron chi connectivity index (χ4n) is 1.94. The van der Waals surface area contributed by atoms with Crippen molar-refractivity contribution in [3.63, 3.8) is 0 Å². The van der Waals surface area contributed by atoms with Crippen molar-refractivity contribution in [2.75, 3.05) is 0 Å². The lowest BCUT2D eigenvalue weighted by Gasteiger charge is -2.03. The van der Waals surface area contributed by atoms with Crippen molar-refractivity contribution in [1.82, 2.24) is 9.97 Å². The molecule has 0 fully saturated rings. The van der Waals surface area contributed by atoms with E-state index in [1.165, 1.54) is 11.8 Å². The second kappa shape index (κ2) is 7.77. The van der Waals surface area contributed by atoms with Crippen LogP contribution in [0.2, 0.25) is 0 Å². The molecule has 126 valence electrons. The summed E-state index contributed by atoms with van der Waals surface area (Å²) >= 11 is 3.12. The van der Waals surface area contributed by atoms with Gasteiger partial charge in [-0.15, -0.1) is 11.3 Å². The van der Waals surface area contributed by atoms with Crippen LogP contribution >= 0.6 is 23.1 Å². The maximum Gasteiger partial charge on any atom is 0.223 e. The summed E-state index contributed by atoms with van der Waals surface area (Å²) in [5, 5.41) is 2.71. The van der Waals surface area contributed by atoms with Gasteiger partial charge < -0.3 is 17.2 Å². The first-order valence-electron chi connectivity index (χ1n) is 7.19. The van der Waals surface area contributed by atoms with Crippen LogP contribution < -0.4 is 17.2 Å². The average molecular weight is 369 g/mol. The van der Waals surface area contributed by atoms with E-state index in [0.29, 0.717) is 10.8 Å². The van der Waals surface area contributed by atoms with Gasteiger partial charge in [0.15, 0.2) is 11.1 Å². The highest BCUT2D eigenvalue weighted by molar-refractivity contribution is 7.99. The molecule has 0 bridgehead atoms. The topological polar surface area (TPSA) is 129 Å². The van der Waals surface area contributed by atoms with Gasteiger partial charge in [-0.3, -0.25) is 0 Å². The van der Waals surface area contributed by atoms with Crippen LogP contribution in [0.4, 0.5) is 5.69 Å². The largest absolute Gasteiger partial charge is 0.370 e. The minimum Gasteiger partial charge on any atom is -0.370 e. The van der Waals surface area contributed by atoms with E-state index in [1.807, 2.05) is 47.8 Å². The van der Waals surface area contributed by atoms with Crippen molar-refractivity contribution in [3.05, 3.63) is 54.0 Å². The summed E-state index contributed by atoms with van der Waals surface area (Å²) in [6.07, 6.45) is 1.76. The molecule has 2 heterocycles. The number of aliphatic imine (C=N–C) groups is 2. The van der Waals surface area contributed by atoms with E-state index >= 15 is 0 Å². The lowest BCUT2D eigenvalue weighted by molar-refractivity contribution is 0.974. The Morgan fingerprint density at radius 2 is 1.84 bits per heavy atom. The van der Waals surface area contributed by atoms with Gasteiger partial charge in [-0.25, -0.2) is 15.0 Å². The summed E-state index contributed by atoms with van der Waals surface area (Å²) in [6.45, 7) is 0. The minimum absolute atomic E-state index is 0.00684. The number of guanidine groups is 2. The van der Waals surface area contributed by atoms with Gasteiger partial charge in [0.25, 0.3) is 0 Å². The van der Waals surface area contributed by atoms with E-state index in [4.69, 9.17) is 17.2 Å². The smallest absolute Gasteiger partial charge is 0.223 e. The first-order chi connectivity index (χ1) is 12.1. The number of hydrogen-bond acceptors (Lipinski definition) is 5. The Morgan fingerprint density at radius 1 is 1.04 bits per heavy atom. The monoisotopic (exact) mass is 369 g/mol. The maximum atomic E-state index is 5.61. The predicted molar refractivity (Wildman–Crippen MR) is 103 cm³/mol. The predicted octanol–water partition coefficient (Wildman–Crippen LogP) is 2.58. The van der Waals surface area contributed by atoms with Crippen LogP contribution in [0.25, 0.3) is 10.6 Å². The summed E-state index contributed by atoms with van der Waals surface area (Å²) in [7, 11) is 0. The second-order valence-corrected chi connectivity index (χ2v) is 6.79. The number of rotatable bonds is 4. The van der Waals surface area contributed by atoms with Crippen LogP contribution in [0.3, 0.4) is 0 Å². The summed E-state index contributed by atoms with van der Waals surface area (Å²) < 4.78 is 0. The van der Waals surface area contributed by atoms with E-state index < -0.39 is 0 Å². The molecule has 0 atom stereocenters. The van der Waals surface area contributed by atoms with Crippen LogP contribution in [0.5, 0.6) is 0 Å².